The highest BCUT2D eigenvalue weighted by Crippen LogP contribution is 2.34. The molecule has 2 fully saturated rings. The summed E-state index contributed by atoms with van der Waals surface area (Å²) >= 11 is 0. The van der Waals surface area contributed by atoms with E-state index in [1.54, 1.807) is 6.20 Å². The zero-order chi connectivity index (χ0) is 23.4. The molecule has 8 nitrogen and oxygen atoms in total. The highest BCUT2D eigenvalue weighted by Gasteiger charge is 2.36. The molecule has 5 aromatic rings. The summed E-state index contributed by atoms with van der Waals surface area (Å²) in [6.07, 6.45) is 10.5. The molecule has 2 aliphatic rings. The predicted octanol–water partition coefficient (Wildman–Crippen LogP) is 4.30. The maximum Gasteiger partial charge on any atom is 0.225 e. The van der Waals surface area contributed by atoms with E-state index in [0.717, 1.165) is 83.5 Å². The monoisotopic (exact) mass is 463 g/mol. The molecule has 4 aromatic heterocycles. The Hall–Kier alpha value is -4.07. The number of benzene rings is 1. The number of carbonyl (C=O) groups is 1. The first-order valence-corrected chi connectivity index (χ1v) is 12.2. The van der Waals surface area contributed by atoms with Crippen molar-refractivity contribution < 1.29 is 4.79 Å². The second-order valence-electron chi connectivity index (χ2n) is 9.73. The van der Waals surface area contributed by atoms with Gasteiger partial charge < -0.3 is 9.47 Å². The van der Waals surface area contributed by atoms with Crippen LogP contribution in [-0.2, 0) is 11.3 Å². The average molecular weight is 464 g/mol. The van der Waals surface area contributed by atoms with Crippen molar-refractivity contribution in [2.24, 2.45) is 11.8 Å². The molecule has 174 valence electrons. The van der Waals surface area contributed by atoms with Crippen LogP contribution in [0.25, 0.3) is 44.6 Å². The Morgan fingerprint density at radius 2 is 1.86 bits per heavy atom. The summed E-state index contributed by atoms with van der Waals surface area (Å²) in [4.78, 5) is 28.3. The minimum absolute atomic E-state index is 0.285. The van der Waals surface area contributed by atoms with Crippen LogP contribution in [0.3, 0.4) is 0 Å². The summed E-state index contributed by atoms with van der Waals surface area (Å²) in [5.41, 5.74) is 5.97. The zero-order valence-electron chi connectivity index (χ0n) is 19.3. The molecule has 1 saturated carbocycles. The summed E-state index contributed by atoms with van der Waals surface area (Å²) in [5.74, 6) is 2.00. The molecule has 1 aromatic carbocycles. The number of nitrogens with one attached hydrogen (secondary N) is 1. The van der Waals surface area contributed by atoms with E-state index < -0.39 is 0 Å². The largest absolute Gasteiger partial charge is 0.342 e. The Kier molecular flexibility index (Phi) is 4.65. The van der Waals surface area contributed by atoms with Gasteiger partial charge in [-0.3, -0.25) is 14.9 Å². The van der Waals surface area contributed by atoms with Gasteiger partial charge in [-0.2, -0.15) is 5.10 Å². The Balaban J connectivity index is 1.19. The van der Waals surface area contributed by atoms with Crippen LogP contribution < -0.4 is 0 Å². The molecule has 1 amide bonds. The zero-order valence-corrected chi connectivity index (χ0v) is 19.3. The summed E-state index contributed by atoms with van der Waals surface area (Å²) in [6.45, 7) is 2.54. The number of pyridine rings is 2. The van der Waals surface area contributed by atoms with Gasteiger partial charge in [-0.25, -0.2) is 9.97 Å². The Morgan fingerprint density at radius 1 is 1.00 bits per heavy atom. The van der Waals surface area contributed by atoms with Crippen LogP contribution in [0.1, 0.15) is 19.3 Å². The highest BCUT2D eigenvalue weighted by molar-refractivity contribution is 5.83. The maximum atomic E-state index is 12.6. The molecule has 5 heterocycles. The third-order valence-corrected chi connectivity index (χ3v) is 7.28. The number of nitrogens with zero attached hydrogens (tertiary/aromatic N) is 6. The van der Waals surface area contributed by atoms with Crippen molar-refractivity contribution in [3.63, 3.8) is 0 Å². The van der Waals surface area contributed by atoms with Crippen molar-refractivity contribution in [2.75, 3.05) is 13.1 Å². The molecule has 7 rings (SSSR count). The van der Waals surface area contributed by atoms with Crippen LogP contribution in [-0.4, -0.2) is 53.6 Å². The highest BCUT2D eigenvalue weighted by atomic mass is 16.2. The first kappa shape index (κ1) is 20.3. The molecule has 1 aliphatic heterocycles. The van der Waals surface area contributed by atoms with Gasteiger partial charge in [0.15, 0.2) is 5.65 Å². The molecule has 1 unspecified atom stereocenters. The number of hydrogen-bond acceptors (Lipinski definition) is 5. The van der Waals surface area contributed by atoms with Gasteiger partial charge in [-0.05, 0) is 42.9 Å². The SMILES string of the molecule is O=C(C1CC1)N1CCC(Cn2c(-c3ccc(-c4cnc5[nH]ncc5c4)cc3)nc3cnccc32)C1. The number of imidazole rings is 1. The van der Waals surface area contributed by atoms with E-state index in [2.05, 4.69) is 60.0 Å². The van der Waals surface area contributed by atoms with Crippen LogP contribution in [0.2, 0.25) is 0 Å². The summed E-state index contributed by atoms with van der Waals surface area (Å²) in [5, 5.41) is 7.95. The van der Waals surface area contributed by atoms with Gasteiger partial charge in [0.2, 0.25) is 5.91 Å². The first-order chi connectivity index (χ1) is 17.2. The number of likely N-dealkylation sites (tertiary alicyclic amines) is 1. The number of aromatic amines is 1. The van der Waals surface area contributed by atoms with Gasteiger partial charge >= 0.3 is 0 Å². The molecule has 1 atom stereocenters. The summed E-state index contributed by atoms with van der Waals surface area (Å²) in [6, 6.07) is 12.6. The molecular weight excluding hydrogens is 438 g/mol. The van der Waals surface area contributed by atoms with Gasteiger partial charge in [0.25, 0.3) is 0 Å². The molecular formula is C27H25N7O. The lowest BCUT2D eigenvalue weighted by Gasteiger charge is -2.18. The van der Waals surface area contributed by atoms with Crippen molar-refractivity contribution in [1.29, 1.82) is 0 Å². The molecule has 0 spiro atoms. The quantitative estimate of drug-likeness (QED) is 0.420. The number of fused-ring (bicyclic) bond motifs is 2. The van der Waals surface area contributed by atoms with E-state index in [4.69, 9.17) is 4.98 Å². The molecule has 1 N–H and O–H groups in total. The Morgan fingerprint density at radius 3 is 2.71 bits per heavy atom. The van der Waals surface area contributed by atoms with E-state index in [9.17, 15) is 4.79 Å². The number of amides is 1. The molecule has 35 heavy (non-hydrogen) atoms. The number of hydrogen-bond donors (Lipinski definition) is 1. The third-order valence-electron chi connectivity index (χ3n) is 7.28. The van der Waals surface area contributed by atoms with Gasteiger partial charge in [-0.15, -0.1) is 0 Å². The molecule has 1 saturated heterocycles. The Labute approximate surface area is 202 Å². The van der Waals surface area contributed by atoms with Crippen molar-refractivity contribution in [3.8, 4) is 22.5 Å². The van der Waals surface area contributed by atoms with E-state index in [1.807, 2.05) is 24.7 Å². The van der Waals surface area contributed by atoms with Crippen molar-refractivity contribution in [1.82, 2.24) is 34.6 Å². The number of carbonyl (C=O) groups excluding carboxylic acids is 1. The van der Waals surface area contributed by atoms with E-state index in [1.165, 1.54) is 0 Å². The van der Waals surface area contributed by atoms with Crippen LogP contribution in [0, 0.1) is 11.8 Å². The van der Waals surface area contributed by atoms with Crippen LogP contribution in [0.15, 0.2) is 61.2 Å². The Bertz CT molecular complexity index is 1550. The fourth-order valence-electron chi connectivity index (χ4n) is 5.22. The lowest BCUT2D eigenvalue weighted by Crippen LogP contribution is -2.30. The fraction of sp³-hybridized carbons (Fsp3) is 0.296. The topological polar surface area (TPSA) is 92.6 Å². The van der Waals surface area contributed by atoms with E-state index >= 15 is 0 Å². The molecule has 8 heteroatoms. The van der Waals surface area contributed by atoms with Crippen LogP contribution in [0.4, 0.5) is 0 Å². The second kappa shape index (κ2) is 8.01. The van der Waals surface area contributed by atoms with Crippen LogP contribution in [0.5, 0.6) is 0 Å². The summed E-state index contributed by atoms with van der Waals surface area (Å²) < 4.78 is 2.31. The third kappa shape index (κ3) is 3.65. The van der Waals surface area contributed by atoms with Crippen molar-refractivity contribution in [2.45, 2.75) is 25.8 Å². The van der Waals surface area contributed by atoms with E-state index in [-0.39, 0.29) is 5.92 Å². The normalized spacial score (nSPS) is 18.1. The number of aromatic nitrogens is 6. The van der Waals surface area contributed by atoms with Gasteiger partial charge in [0, 0.05) is 54.5 Å². The van der Waals surface area contributed by atoms with E-state index in [0.29, 0.717) is 11.8 Å². The smallest absolute Gasteiger partial charge is 0.225 e. The molecule has 0 bridgehead atoms. The lowest BCUT2D eigenvalue weighted by atomic mass is 10.0. The lowest BCUT2D eigenvalue weighted by molar-refractivity contribution is -0.131. The number of rotatable bonds is 5. The molecule has 0 radical (unpaired) electrons. The predicted molar refractivity (Wildman–Crippen MR) is 133 cm³/mol. The second-order valence-corrected chi connectivity index (χ2v) is 9.73. The maximum absolute atomic E-state index is 12.6. The summed E-state index contributed by atoms with van der Waals surface area (Å²) in [7, 11) is 0. The van der Waals surface area contributed by atoms with Crippen LogP contribution >= 0.6 is 0 Å². The van der Waals surface area contributed by atoms with Gasteiger partial charge in [0.1, 0.15) is 11.3 Å². The van der Waals surface area contributed by atoms with Gasteiger partial charge in [0.05, 0.1) is 17.9 Å². The first-order valence-electron chi connectivity index (χ1n) is 12.2. The fourth-order valence-corrected chi connectivity index (χ4v) is 5.22. The van der Waals surface area contributed by atoms with Crippen molar-refractivity contribution in [3.05, 3.63) is 61.2 Å². The minimum atomic E-state index is 0.285. The minimum Gasteiger partial charge on any atom is -0.342 e. The van der Waals surface area contributed by atoms with Gasteiger partial charge in [-0.1, -0.05) is 24.3 Å². The standard InChI is InChI=1S/C27H25N7O/c35-27(20-5-6-20)33-10-8-17(15-33)16-34-24-7-9-28-14-23(24)31-26(34)19-3-1-18(2-4-19)21-11-22-13-30-32-25(22)29-12-21/h1-4,7,9,11-14,17,20H,5-6,8,10,15-16H2,(H,29,30,32). The number of H-pyrrole nitrogens is 1. The molecule has 1 aliphatic carbocycles. The van der Waals surface area contributed by atoms with Crippen molar-refractivity contribution >= 4 is 28.0 Å². The average Bonchev–Trinajstić information content (AvgIpc) is 3.30.